The Hall–Kier alpha value is -0.775. The Labute approximate surface area is 82.9 Å². The second-order valence-corrected chi connectivity index (χ2v) is 3.89. The molecular weight excluding hydrogens is 185 g/mol. The molecule has 1 rings (SSSR count). The summed E-state index contributed by atoms with van der Waals surface area (Å²) in [4.78, 5) is 12.0. The van der Waals surface area contributed by atoms with Gasteiger partial charge in [-0.25, -0.2) is 0 Å². The number of amides is 1. The first-order valence-corrected chi connectivity index (χ1v) is 4.91. The molecule has 0 spiro atoms. The van der Waals surface area contributed by atoms with Crippen molar-refractivity contribution in [2.45, 2.75) is 13.8 Å². The third-order valence-electron chi connectivity index (χ3n) is 1.31. The molecule has 13 heavy (non-hydrogen) atoms. The fraction of sp³-hybridized carbons (Fsp3) is 0.571. The highest BCUT2D eigenvalue weighted by Crippen LogP contribution is 2.16. The van der Waals surface area contributed by atoms with Crippen LogP contribution in [-0.4, -0.2) is 35.8 Å². The van der Waals surface area contributed by atoms with Crippen molar-refractivity contribution in [1.82, 2.24) is 4.81 Å². The summed E-state index contributed by atoms with van der Waals surface area (Å²) in [6.45, 7) is 3.99. The van der Waals surface area contributed by atoms with Crippen LogP contribution in [0.25, 0.3) is 0 Å². The molecule has 0 unspecified atom stereocenters. The first-order valence-electron chi connectivity index (χ1n) is 3.93. The van der Waals surface area contributed by atoms with E-state index in [0.717, 1.165) is 4.81 Å². The molecule has 1 aliphatic rings. The van der Waals surface area contributed by atoms with Gasteiger partial charge in [0.25, 0.3) is 0 Å². The van der Waals surface area contributed by atoms with Gasteiger partial charge in [-0.2, -0.15) is 5.10 Å². The average Bonchev–Trinajstić information content (AvgIpc) is 2.35. The predicted molar refractivity (Wildman–Crippen MR) is 55.8 cm³/mol. The highest BCUT2D eigenvalue weighted by atomic mass is 32.2. The van der Waals surface area contributed by atoms with Gasteiger partial charge < -0.3 is 4.81 Å². The maximum atomic E-state index is 10.9. The van der Waals surface area contributed by atoms with Crippen molar-refractivity contribution in [2.75, 3.05) is 5.75 Å². The molecular formula is C7H10BN3OS. The van der Waals surface area contributed by atoms with E-state index in [1.165, 1.54) is 11.8 Å². The third-order valence-corrected chi connectivity index (χ3v) is 2.24. The van der Waals surface area contributed by atoms with Crippen LogP contribution in [-0.2, 0) is 4.79 Å². The van der Waals surface area contributed by atoms with E-state index in [1.54, 1.807) is 6.21 Å². The fourth-order valence-electron chi connectivity index (χ4n) is 0.665. The predicted octanol–water partition coefficient (Wildman–Crippen LogP) is 0.643. The molecule has 2 radical (unpaired) electrons. The lowest BCUT2D eigenvalue weighted by molar-refractivity contribution is -0.120. The molecule has 0 N–H and O–H groups in total. The van der Waals surface area contributed by atoms with E-state index in [9.17, 15) is 4.79 Å². The summed E-state index contributed by atoms with van der Waals surface area (Å²) in [6.07, 6.45) is 1.70. The molecule has 1 heterocycles. The van der Waals surface area contributed by atoms with Gasteiger partial charge in [-0.3, -0.25) is 4.79 Å². The number of carbonyl (C=O) groups is 1. The molecule has 0 bridgehead atoms. The van der Waals surface area contributed by atoms with E-state index in [0.29, 0.717) is 16.8 Å². The van der Waals surface area contributed by atoms with Crippen molar-refractivity contribution in [2.24, 2.45) is 16.1 Å². The molecule has 0 aromatic rings. The van der Waals surface area contributed by atoms with Gasteiger partial charge in [0.2, 0.25) is 13.9 Å². The molecule has 0 aromatic carbocycles. The van der Waals surface area contributed by atoms with E-state index in [2.05, 4.69) is 10.2 Å². The minimum atomic E-state index is -0.136. The van der Waals surface area contributed by atoms with Crippen molar-refractivity contribution in [3.8, 4) is 0 Å². The Balaban J connectivity index is 2.58. The van der Waals surface area contributed by atoms with E-state index in [-0.39, 0.29) is 5.91 Å². The normalized spacial score (nSPS) is 21.3. The van der Waals surface area contributed by atoms with E-state index >= 15 is 0 Å². The Kier molecular flexibility index (Phi) is 3.53. The molecule has 1 aliphatic heterocycles. The van der Waals surface area contributed by atoms with Crippen LogP contribution in [0.5, 0.6) is 0 Å². The molecule has 0 aromatic heterocycles. The third kappa shape index (κ3) is 2.88. The van der Waals surface area contributed by atoms with E-state index < -0.39 is 0 Å². The minimum Gasteiger partial charge on any atom is -0.347 e. The SMILES string of the molecule is [B]N1C(=O)CS/C1=N\N=C\C(C)C. The minimum absolute atomic E-state index is 0.136. The molecule has 0 saturated carbocycles. The van der Waals surface area contributed by atoms with Crippen molar-refractivity contribution in [3.05, 3.63) is 0 Å². The van der Waals surface area contributed by atoms with Crippen molar-refractivity contribution < 1.29 is 4.79 Å². The number of carbonyl (C=O) groups excluding carboxylic acids is 1. The summed E-state index contributed by atoms with van der Waals surface area (Å²) in [5.74, 6) is 0.563. The second kappa shape index (κ2) is 4.46. The first-order chi connectivity index (χ1) is 6.11. The van der Waals surface area contributed by atoms with Crippen LogP contribution < -0.4 is 0 Å². The number of hydrogen-bond donors (Lipinski definition) is 0. The Morgan fingerprint density at radius 1 is 1.69 bits per heavy atom. The van der Waals surface area contributed by atoms with Crippen LogP contribution in [0.2, 0.25) is 0 Å². The number of hydrogen-bond acceptors (Lipinski definition) is 4. The molecule has 1 amide bonds. The van der Waals surface area contributed by atoms with Crippen LogP contribution in [0.15, 0.2) is 10.2 Å². The standard InChI is InChI=1S/C7H10BN3OS/c1-5(2)3-9-10-7-11(8)6(12)4-13-7/h3,5H,4H2,1-2H3/b9-3+,10-7-. The van der Waals surface area contributed by atoms with Gasteiger partial charge in [0.05, 0.1) is 5.75 Å². The molecule has 0 aliphatic carbocycles. The van der Waals surface area contributed by atoms with Gasteiger partial charge in [0.1, 0.15) is 0 Å². The quantitative estimate of drug-likeness (QED) is 0.368. The van der Waals surface area contributed by atoms with Gasteiger partial charge >= 0.3 is 0 Å². The van der Waals surface area contributed by atoms with Gasteiger partial charge in [-0.1, -0.05) is 25.6 Å². The highest BCUT2D eigenvalue weighted by molar-refractivity contribution is 8.15. The Morgan fingerprint density at radius 2 is 2.38 bits per heavy atom. The van der Waals surface area contributed by atoms with Crippen LogP contribution in [0.4, 0.5) is 0 Å². The summed E-state index contributed by atoms with van der Waals surface area (Å²) >= 11 is 1.30. The number of nitrogens with zero attached hydrogens (tertiary/aromatic N) is 3. The fourth-order valence-corrected chi connectivity index (χ4v) is 1.40. The number of rotatable bonds is 2. The lowest BCUT2D eigenvalue weighted by Gasteiger charge is -2.05. The summed E-state index contributed by atoms with van der Waals surface area (Å²) in [7, 11) is 5.40. The largest absolute Gasteiger partial charge is 0.347 e. The molecule has 4 nitrogen and oxygen atoms in total. The van der Waals surface area contributed by atoms with Crippen molar-refractivity contribution in [3.63, 3.8) is 0 Å². The molecule has 0 atom stereocenters. The van der Waals surface area contributed by atoms with Crippen molar-refractivity contribution in [1.29, 1.82) is 0 Å². The van der Waals surface area contributed by atoms with Crippen LogP contribution in [0, 0.1) is 5.92 Å². The van der Waals surface area contributed by atoms with E-state index in [1.807, 2.05) is 13.8 Å². The smallest absolute Gasteiger partial charge is 0.241 e. The molecule has 6 heteroatoms. The van der Waals surface area contributed by atoms with E-state index in [4.69, 9.17) is 7.98 Å². The maximum absolute atomic E-state index is 10.9. The highest BCUT2D eigenvalue weighted by Gasteiger charge is 2.23. The average molecular weight is 195 g/mol. The summed E-state index contributed by atoms with van der Waals surface area (Å²) in [5, 5.41) is 8.09. The topological polar surface area (TPSA) is 45.0 Å². The number of thioether (sulfide) groups is 1. The zero-order valence-electron chi connectivity index (χ0n) is 7.60. The molecule has 1 saturated heterocycles. The van der Waals surface area contributed by atoms with Crippen LogP contribution in [0.3, 0.4) is 0 Å². The number of amidine groups is 1. The summed E-state index contributed by atoms with van der Waals surface area (Å²) < 4.78 is 0. The van der Waals surface area contributed by atoms with Crippen LogP contribution >= 0.6 is 11.8 Å². The zero-order chi connectivity index (χ0) is 9.84. The Morgan fingerprint density at radius 3 is 2.85 bits per heavy atom. The van der Waals surface area contributed by atoms with Gasteiger partial charge in [0.15, 0.2) is 5.17 Å². The summed E-state index contributed by atoms with van der Waals surface area (Å²) in [6, 6.07) is 0. The summed E-state index contributed by atoms with van der Waals surface area (Å²) in [5.41, 5.74) is 0. The zero-order valence-corrected chi connectivity index (χ0v) is 8.41. The monoisotopic (exact) mass is 195 g/mol. The Bertz CT molecular complexity index is 264. The van der Waals surface area contributed by atoms with Gasteiger partial charge in [-0.05, 0) is 5.92 Å². The first kappa shape index (κ1) is 10.3. The molecule has 1 fully saturated rings. The van der Waals surface area contributed by atoms with Gasteiger partial charge in [-0.15, -0.1) is 5.10 Å². The molecule has 68 valence electrons. The lowest BCUT2D eigenvalue weighted by atomic mass is 10.3. The lowest BCUT2D eigenvalue weighted by Crippen LogP contribution is -2.25. The second-order valence-electron chi connectivity index (χ2n) is 2.94. The van der Waals surface area contributed by atoms with Crippen LogP contribution in [0.1, 0.15) is 13.8 Å². The maximum Gasteiger partial charge on any atom is 0.241 e. The van der Waals surface area contributed by atoms with Gasteiger partial charge in [0, 0.05) is 6.21 Å². The van der Waals surface area contributed by atoms with Crippen molar-refractivity contribution >= 4 is 37.0 Å².